The number of benzene rings is 1. The number of carbonyl (C=O) groups excluding carboxylic acids is 2. The lowest BCUT2D eigenvalue weighted by molar-refractivity contribution is -0.117. The van der Waals surface area contributed by atoms with Gasteiger partial charge in [-0.2, -0.15) is 0 Å². The van der Waals surface area contributed by atoms with E-state index in [4.69, 9.17) is 5.73 Å². The zero-order chi connectivity index (χ0) is 11.7. The Kier molecular flexibility index (Phi) is 2.75. The van der Waals surface area contributed by atoms with Gasteiger partial charge in [0.15, 0.2) is 5.78 Å². The minimum absolute atomic E-state index is 0.00371. The third-order valence-electron chi connectivity index (χ3n) is 2.71. The van der Waals surface area contributed by atoms with Gasteiger partial charge in [0, 0.05) is 17.3 Å². The summed E-state index contributed by atoms with van der Waals surface area (Å²) in [6.07, 6.45) is 0.748. The predicted octanol–water partition coefficient (Wildman–Crippen LogP) is 1.17. The highest BCUT2D eigenvalue weighted by Gasteiger charge is 2.39. The van der Waals surface area contributed by atoms with Gasteiger partial charge in [0.1, 0.15) is 0 Å². The van der Waals surface area contributed by atoms with Crippen LogP contribution in [-0.4, -0.2) is 17.7 Å². The Hall–Kier alpha value is -1.68. The first-order valence-electron chi connectivity index (χ1n) is 5.25. The SMILES string of the molecule is CC(=O)c1cccc(NC(=O)C2CC2N)c1. The van der Waals surface area contributed by atoms with Crippen molar-refractivity contribution in [3.63, 3.8) is 0 Å². The summed E-state index contributed by atoms with van der Waals surface area (Å²) in [5, 5.41) is 2.76. The molecule has 0 heterocycles. The van der Waals surface area contributed by atoms with Gasteiger partial charge in [-0.3, -0.25) is 9.59 Å². The number of amides is 1. The lowest BCUT2D eigenvalue weighted by Gasteiger charge is -2.05. The van der Waals surface area contributed by atoms with Gasteiger partial charge in [0.2, 0.25) is 5.91 Å². The van der Waals surface area contributed by atoms with Crippen molar-refractivity contribution < 1.29 is 9.59 Å². The topological polar surface area (TPSA) is 72.2 Å². The van der Waals surface area contributed by atoms with Crippen molar-refractivity contribution in [1.82, 2.24) is 0 Å². The molecule has 1 fully saturated rings. The number of ketones is 1. The molecule has 2 rings (SSSR count). The van der Waals surface area contributed by atoms with E-state index >= 15 is 0 Å². The van der Waals surface area contributed by atoms with Gasteiger partial charge in [0.25, 0.3) is 0 Å². The summed E-state index contributed by atoms with van der Waals surface area (Å²) < 4.78 is 0. The Morgan fingerprint density at radius 1 is 1.44 bits per heavy atom. The van der Waals surface area contributed by atoms with Gasteiger partial charge >= 0.3 is 0 Å². The van der Waals surface area contributed by atoms with Crippen LogP contribution in [0.25, 0.3) is 0 Å². The second-order valence-corrected chi connectivity index (χ2v) is 4.13. The molecule has 0 radical (unpaired) electrons. The maximum absolute atomic E-state index is 11.6. The Bertz CT molecular complexity index is 442. The van der Waals surface area contributed by atoms with Gasteiger partial charge < -0.3 is 11.1 Å². The molecule has 1 aliphatic rings. The molecule has 1 aromatic rings. The number of hydrogen-bond acceptors (Lipinski definition) is 3. The van der Waals surface area contributed by atoms with E-state index in [0.717, 1.165) is 6.42 Å². The van der Waals surface area contributed by atoms with Crippen molar-refractivity contribution in [2.45, 2.75) is 19.4 Å². The summed E-state index contributed by atoms with van der Waals surface area (Å²) in [7, 11) is 0. The maximum Gasteiger partial charge on any atom is 0.229 e. The maximum atomic E-state index is 11.6. The van der Waals surface area contributed by atoms with Crippen LogP contribution in [0, 0.1) is 5.92 Å². The smallest absolute Gasteiger partial charge is 0.229 e. The normalized spacial score (nSPS) is 22.6. The highest BCUT2D eigenvalue weighted by atomic mass is 16.2. The van der Waals surface area contributed by atoms with Crippen LogP contribution in [0.15, 0.2) is 24.3 Å². The fraction of sp³-hybridized carbons (Fsp3) is 0.333. The summed E-state index contributed by atoms with van der Waals surface area (Å²) in [6, 6.07) is 6.91. The molecule has 2 unspecified atom stereocenters. The minimum atomic E-state index is -0.0685. The van der Waals surface area contributed by atoms with Crippen LogP contribution in [0.2, 0.25) is 0 Å². The molecule has 1 saturated carbocycles. The average molecular weight is 218 g/mol. The van der Waals surface area contributed by atoms with E-state index in [-0.39, 0.29) is 23.7 Å². The van der Waals surface area contributed by atoms with E-state index < -0.39 is 0 Å². The molecule has 1 aromatic carbocycles. The largest absolute Gasteiger partial charge is 0.327 e. The number of carbonyl (C=O) groups is 2. The third kappa shape index (κ3) is 2.28. The molecule has 4 heteroatoms. The van der Waals surface area contributed by atoms with E-state index in [2.05, 4.69) is 5.32 Å². The van der Waals surface area contributed by atoms with Crippen LogP contribution >= 0.6 is 0 Å². The van der Waals surface area contributed by atoms with Crippen LogP contribution < -0.4 is 11.1 Å². The van der Waals surface area contributed by atoms with Crippen molar-refractivity contribution >= 4 is 17.4 Å². The zero-order valence-electron chi connectivity index (χ0n) is 9.07. The van der Waals surface area contributed by atoms with E-state index in [0.29, 0.717) is 11.3 Å². The first-order valence-corrected chi connectivity index (χ1v) is 5.25. The monoisotopic (exact) mass is 218 g/mol. The summed E-state index contributed by atoms with van der Waals surface area (Å²) in [6.45, 7) is 1.50. The lowest BCUT2D eigenvalue weighted by Crippen LogP contribution is -2.18. The predicted molar refractivity (Wildman–Crippen MR) is 61.2 cm³/mol. The first-order chi connectivity index (χ1) is 7.58. The van der Waals surface area contributed by atoms with E-state index in [1.54, 1.807) is 24.3 Å². The standard InChI is InChI=1S/C12H14N2O2/c1-7(15)8-3-2-4-9(5-8)14-12(16)10-6-11(10)13/h2-5,10-11H,6,13H2,1H3,(H,14,16). The van der Waals surface area contributed by atoms with Gasteiger partial charge in [-0.1, -0.05) is 12.1 Å². The molecule has 0 aromatic heterocycles. The van der Waals surface area contributed by atoms with Crippen molar-refractivity contribution in [3.8, 4) is 0 Å². The molecular weight excluding hydrogens is 204 g/mol. The molecular formula is C12H14N2O2. The number of rotatable bonds is 3. The first kappa shape index (κ1) is 10.8. The molecule has 3 N–H and O–H groups in total. The summed E-state index contributed by atoms with van der Waals surface area (Å²) in [5.41, 5.74) is 6.83. The fourth-order valence-corrected chi connectivity index (χ4v) is 1.57. The number of nitrogens with two attached hydrogens (primary N) is 1. The van der Waals surface area contributed by atoms with Gasteiger partial charge in [-0.05, 0) is 25.5 Å². The van der Waals surface area contributed by atoms with Crippen LogP contribution in [-0.2, 0) is 4.79 Å². The van der Waals surface area contributed by atoms with E-state index in [1.165, 1.54) is 6.92 Å². The Morgan fingerprint density at radius 3 is 2.69 bits per heavy atom. The summed E-state index contributed by atoms with van der Waals surface area (Å²) in [4.78, 5) is 22.7. The van der Waals surface area contributed by atoms with Crippen molar-refractivity contribution in [3.05, 3.63) is 29.8 Å². The average Bonchev–Trinajstić information content (AvgIpc) is 2.96. The lowest BCUT2D eigenvalue weighted by atomic mass is 10.1. The Balaban J connectivity index is 2.06. The molecule has 84 valence electrons. The zero-order valence-corrected chi connectivity index (χ0v) is 9.07. The Labute approximate surface area is 93.8 Å². The van der Waals surface area contributed by atoms with Crippen LogP contribution in [0.1, 0.15) is 23.7 Å². The quantitative estimate of drug-likeness (QED) is 0.748. The molecule has 1 amide bonds. The van der Waals surface area contributed by atoms with Gasteiger partial charge in [-0.15, -0.1) is 0 Å². The number of Topliss-reactive ketones (excluding diaryl/α,β-unsaturated/α-hetero) is 1. The van der Waals surface area contributed by atoms with Crippen molar-refractivity contribution in [2.75, 3.05) is 5.32 Å². The van der Waals surface area contributed by atoms with E-state index in [9.17, 15) is 9.59 Å². The second-order valence-electron chi connectivity index (χ2n) is 4.13. The molecule has 0 saturated heterocycles. The van der Waals surface area contributed by atoms with E-state index in [1.807, 2.05) is 0 Å². The van der Waals surface area contributed by atoms with Crippen LogP contribution in [0.5, 0.6) is 0 Å². The summed E-state index contributed by atoms with van der Waals surface area (Å²) in [5.74, 6) is -0.145. The molecule has 0 bridgehead atoms. The molecule has 2 atom stereocenters. The number of nitrogens with one attached hydrogen (secondary N) is 1. The highest BCUT2D eigenvalue weighted by molar-refractivity contribution is 5.98. The highest BCUT2D eigenvalue weighted by Crippen LogP contribution is 2.29. The van der Waals surface area contributed by atoms with Gasteiger partial charge in [-0.25, -0.2) is 0 Å². The third-order valence-corrected chi connectivity index (χ3v) is 2.71. The second kappa shape index (κ2) is 4.06. The number of hydrogen-bond donors (Lipinski definition) is 2. The molecule has 0 aliphatic heterocycles. The molecule has 0 spiro atoms. The molecule has 1 aliphatic carbocycles. The molecule has 4 nitrogen and oxygen atoms in total. The summed E-state index contributed by atoms with van der Waals surface area (Å²) >= 11 is 0. The fourth-order valence-electron chi connectivity index (χ4n) is 1.57. The van der Waals surface area contributed by atoms with Crippen molar-refractivity contribution in [1.29, 1.82) is 0 Å². The number of anilines is 1. The molecule has 16 heavy (non-hydrogen) atoms. The van der Waals surface area contributed by atoms with Crippen LogP contribution in [0.3, 0.4) is 0 Å². The van der Waals surface area contributed by atoms with Gasteiger partial charge in [0.05, 0.1) is 5.92 Å². The van der Waals surface area contributed by atoms with Crippen molar-refractivity contribution in [2.24, 2.45) is 11.7 Å². The van der Waals surface area contributed by atoms with Crippen LogP contribution in [0.4, 0.5) is 5.69 Å². The minimum Gasteiger partial charge on any atom is -0.327 e. The Morgan fingerprint density at radius 2 is 2.12 bits per heavy atom.